The lowest BCUT2D eigenvalue weighted by atomic mass is 9.85. The second-order valence-electron chi connectivity index (χ2n) is 5.87. The Kier molecular flexibility index (Phi) is 5.79. The fourth-order valence-corrected chi connectivity index (χ4v) is 3.38. The molecule has 0 spiro atoms. The van der Waals surface area contributed by atoms with Gasteiger partial charge < -0.3 is 10.1 Å². The Labute approximate surface area is 107 Å². The van der Waals surface area contributed by atoms with Gasteiger partial charge in [-0.3, -0.25) is 0 Å². The first kappa shape index (κ1) is 13.4. The van der Waals surface area contributed by atoms with Gasteiger partial charge in [-0.05, 0) is 31.6 Å². The Balaban J connectivity index is 1.52. The highest BCUT2D eigenvalue weighted by Gasteiger charge is 2.21. The third kappa shape index (κ3) is 4.59. The lowest BCUT2D eigenvalue weighted by Gasteiger charge is -2.28. The van der Waals surface area contributed by atoms with Crippen LogP contribution in [0.15, 0.2) is 0 Å². The van der Waals surface area contributed by atoms with Crippen LogP contribution in [0.3, 0.4) is 0 Å². The second-order valence-corrected chi connectivity index (χ2v) is 5.87. The van der Waals surface area contributed by atoms with Crippen molar-refractivity contribution in [3.8, 4) is 0 Å². The van der Waals surface area contributed by atoms with Gasteiger partial charge in [0.05, 0.1) is 12.7 Å². The van der Waals surface area contributed by atoms with Crippen molar-refractivity contribution in [3.05, 3.63) is 0 Å². The van der Waals surface area contributed by atoms with Crippen LogP contribution in [0, 0.1) is 5.92 Å². The number of hydrogen-bond donors (Lipinski definition) is 1. The Bertz CT molecular complexity index is 201. The molecule has 17 heavy (non-hydrogen) atoms. The van der Waals surface area contributed by atoms with E-state index in [0.717, 1.165) is 25.1 Å². The summed E-state index contributed by atoms with van der Waals surface area (Å²) in [6.07, 6.45) is 12.9. The van der Waals surface area contributed by atoms with Crippen LogP contribution in [0.4, 0.5) is 0 Å². The molecule has 100 valence electrons. The molecule has 2 unspecified atom stereocenters. The zero-order valence-corrected chi connectivity index (χ0v) is 11.4. The molecule has 0 aromatic carbocycles. The Morgan fingerprint density at radius 1 is 1.06 bits per heavy atom. The van der Waals surface area contributed by atoms with E-state index in [-0.39, 0.29) is 0 Å². The van der Waals surface area contributed by atoms with Gasteiger partial charge in [0.15, 0.2) is 0 Å². The van der Waals surface area contributed by atoms with Crippen molar-refractivity contribution in [2.24, 2.45) is 5.92 Å². The molecule has 2 rings (SSSR count). The molecule has 0 aromatic heterocycles. The number of rotatable bonds is 6. The normalized spacial score (nSPS) is 30.9. The minimum absolute atomic E-state index is 0.555. The van der Waals surface area contributed by atoms with Crippen molar-refractivity contribution < 1.29 is 4.74 Å². The summed E-state index contributed by atoms with van der Waals surface area (Å²) in [4.78, 5) is 0. The maximum absolute atomic E-state index is 6.01. The Morgan fingerprint density at radius 2 is 1.88 bits per heavy atom. The molecule has 1 N–H and O–H groups in total. The SMILES string of the molecule is CCC1CCCC(OCCNC2CCCC2)C1. The van der Waals surface area contributed by atoms with Crippen molar-refractivity contribution in [1.29, 1.82) is 0 Å². The van der Waals surface area contributed by atoms with Gasteiger partial charge in [-0.2, -0.15) is 0 Å². The summed E-state index contributed by atoms with van der Waals surface area (Å²) in [5.74, 6) is 0.927. The first-order chi connectivity index (χ1) is 8.38. The van der Waals surface area contributed by atoms with Crippen molar-refractivity contribution in [2.45, 2.75) is 76.9 Å². The lowest BCUT2D eigenvalue weighted by molar-refractivity contribution is 0.0135. The molecule has 2 nitrogen and oxygen atoms in total. The summed E-state index contributed by atoms with van der Waals surface area (Å²) < 4.78 is 6.01. The summed E-state index contributed by atoms with van der Waals surface area (Å²) in [7, 11) is 0. The van der Waals surface area contributed by atoms with Gasteiger partial charge in [0.25, 0.3) is 0 Å². The molecule has 0 heterocycles. The Hall–Kier alpha value is -0.0800. The smallest absolute Gasteiger partial charge is 0.0594 e. The van der Waals surface area contributed by atoms with Crippen LogP contribution in [0.5, 0.6) is 0 Å². The molecule has 0 bridgehead atoms. The lowest BCUT2D eigenvalue weighted by Crippen LogP contribution is -2.31. The van der Waals surface area contributed by atoms with Gasteiger partial charge in [-0.25, -0.2) is 0 Å². The zero-order chi connectivity index (χ0) is 11.9. The first-order valence-corrected chi connectivity index (χ1v) is 7.73. The van der Waals surface area contributed by atoms with Crippen LogP contribution in [0.25, 0.3) is 0 Å². The monoisotopic (exact) mass is 239 g/mol. The number of ether oxygens (including phenoxy) is 1. The summed E-state index contributed by atoms with van der Waals surface area (Å²) in [5.41, 5.74) is 0. The predicted octanol–water partition coefficient (Wildman–Crippen LogP) is 3.50. The number of nitrogens with one attached hydrogen (secondary N) is 1. The van der Waals surface area contributed by atoms with E-state index in [4.69, 9.17) is 4.74 Å². The van der Waals surface area contributed by atoms with Gasteiger partial charge in [-0.1, -0.05) is 39.0 Å². The third-order valence-corrected chi connectivity index (χ3v) is 4.56. The standard InChI is InChI=1S/C15H29NO/c1-2-13-6-5-9-15(12-13)17-11-10-16-14-7-3-4-8-14/h13-16H,2-12H2,1H3. The average molecular weight is 239 g/mol. The summed E-state index contributed by atoms with van der Waals surface area (Å²) in [6.45, 7) is 4.28. The van der Waals surface area contributed by atoms with E-state index in [1.165, 1.54) is 57.8 Å². The summed E-state index contributed by atoms with van der Waals surface area (Å²) in [6, 6.07) is 0.786. The largest absolute Gasteiger partial charge is 0.377 e. The van der Waals surface area contributed by atoms with Gasteiger partial charge in [0, 0.05) is 12.6 Å². The molecule has 2 atom stereocenters. The molecule has 0 saturated heterocycles. The molecule has 0 aromatic rings. The average Bonchev–Trinajstić information content (AvgIpc) is 2.88. The molecule has 0 amide bonds. The summed E-state index contributed by atoms with van der Waals surface area (Å²) in [5, 5.41) is 3.62. The third-order valence-electron chi connectivity index (χ3n) is 4.56. The van der Waals surface area contributed by atoms with Gasteiger partial charge in [0.1, 0.15) is 0 Å². The van der Waals surface area contributed by atoms with E-state index in [1.807, 2.05) is 0 Å². The number of hydrogen-bond acceptors (Lipinski definition) is 2. The van der Waals surface area contributed by atoms with Crippen LogP contribution in [-0.4, -0.2) is 25.3 Å². The molecular formula is C15H29NO. The van der Waals surface area contributed by atoms with Crippen LogP contribution >= 0.6 is 0 Å². The first-order valence-electron chi connectivity index (χ1n) is 7.73. The van der Waals surface area contributed by atoms with E-state index in [1.54, 1.807) is 0 Å². The highest BCUT2D eigenvalue weighted by molar-refractivity contribution is 4.74. The molecule has 0 aliphatic heterocycles. The van der Waals surface area contributed by atoms with Crippen molar-refractivity contribution in [1.82, 2.24) is 5.32 Å². The van der Waals surface area contributed by atoms with E-state index in [2.05, 4.69) is 12.2 Å². The van der Waals surface area contributed by atoms with Crippen LogP contribution in [0.1, 0.15) is 64.7 Å². The highest BCUT2D eigenvalue weighted by Crippen LogP contribution is 2.28. The van der Waals surface area contributed by atoms with E-state index in [9.17, 15) is 0 Å². The molecule has 2 aliphatic carbocycles. The Morgan fingerprint density at radius 3 is 2.65 bits per heavy atom. The van der Waals surface area contributed by atoms with Gasteiger partial charge >= 0.3 is 0 Å². The fraction of sp³-hybridized carbons (Fsp3) is 1.00. The van der Waals surface area contributed by atoms with Gasteiger partial charge in [0.2, 0.25) is 0 Å². The van der Waals surface area contributed by atoms with Crippen LogP contribution < -0.4 is 5.32 Å². The van der Waals surface area contributed by atoms with Crippen LogP contribution in [-0.2, 0) is 4.74 Å². The van der Waals surface area contributed by atoms with Gasteiger partial charge in [-0.15, -0.1) is 0 Å². The molecule has 2 saturated carbocycles. The second kappa shape index (κ2) is 7.38. The van der Waals surface area contributed by atoms with Crippen molar-refractivity contribution in [2.75, 3.05) is 13.2 Å². The predicted molar refractivity (Wildman–Crippen MR) is 72.2 cm³/mol. The van der Waals surface area contributed by atoms with Crippen molar-refractivity contribution in [3.63, 3.8) is 0 Å². The highest BCUT2D eigenvalue weighted by atomic mass is 16.5. The molecule has 2 fully saturated rings. The zero-order valence-electron chi connectivity index (χ0n) is 11.4. The van der Waals surface area contributed by atoms with E-state index < -0.39 is 0 Å². The molecule has 2 heteroatoms. The van der Waals surface area contributed by atoms with E-state index in [0.29, 0.717) is 6.10 Å². The minimum atomic E-state index is 0.555. The van der Waals surface area contributed by atoms with Crippen LogP contribution in [0.2, 0.25) is 0 Å². The molecule has 2 aliphatic rings. The minimum Gasteiger partial charge on any atom is -0.377 e. The summed E-state index contributed by atoms with van der Waals surface area (Å²) >= 11 is 0. The quantitative estimate of drug-likeness (QED) is 0.716. The topological polar surface area (TPSA) is 21.3 Å². The maximum atomic E-state index is 6.01. The maximum Gasteiger partial charge on any atom is 0.0594 e. The van der Waals surface area contributed by atoms with E-state index >= 15 is 0 Å². The fourth-order valence-electron chi connectivity index (χ4n) is 3.38. The molecular weight excluding hydrogens is 210 g/mol. The molecule has 0 radical (unpaired) electrons. The van der Waals surface area contributed by atoms with Crippen molar-refractivity contribution >= 4 is 0 Å².